The van der Waals surface area contributed by atoms with Gasteiger partial charge in [-0.1, -0.05) is 41.6 Å². The van der Waals surface area contributed by atoms with E-state index in [0.717, 1.165) is 46.2 Å². The molecule has 2 amide bonds. The number of piperazine rings is 1. The average molecular weight is 500 g/mol. The number of nitrogens with zero attached hydrogens (tertiary/aromatic N) is 3. The Morgan fingerprint density at radius 1 is 0.972 bits per heavy atom. The number of carbonyl (C=O) groups is 2. The van der Waals surface area contributed by atoms with Crippen LogP contribution in [0, 0.1) is 6.92 Å². The predicted octanol–water partition coefficient (Wildman–Crippen LogP) is 5.08. The number of methoxy groups -OCH3 is 1. The Labute approximate surface area is 216 Å². The monoisotopic (exact) mass is 499 g/mol. The van der Waals surface area contributed by atoms with Crippen molar-refractivity contribution < 1.29 is 14.3 Å². The first-order valence-corrected chi connectivity index (χ1v) is 12.8. The normalized spacial score (nSPS) is 16.8. The maximum absolute atomic E-state index is 13.3. The van der Waals surface area contributed by atoms with Gasteiger partial charge in [-0.15, -0.1) is 0 Å². The summed E-state index contributed by atoms with van der Waals surface area (Å²) in [6.45, 7) is 4.87. The number of likely N-dealkylation sites (N-methyl/N-ethyl adjacent to an activating group) is 1. The lowest BCUT2D eigenvalue weighted by Gasteiger charge is -2.36. The summed E-state index contributed by atoms with van der Waals surface area (Å²) < 4.78 is 5.24. The highest BCUT2D eigenvalue weighted by Crippen LogP contribution is 2.42. The molecule has 0 unspecified atom stereocenters. The quantitative estimate of drug-likeness (QED) is 0.469. The van der Waals surface area contributed by atoms with Crippen molar-refractivity contribution in [1.82, 2.24) is 4.90 Å². The molecule has 2 aliphatic heterocycles. The highest BCUT2D eigenvalue weighted by atomic mass is 32.2. The van der Waals surface area contributed by atoms with Crippen molar-refractivity contribution >= 4 is 41.0 Å². The van der Waals surface area contributed by atoms with E-state index < -0.39 is 0 Å². The molecule has 0 aliphatic carbocycles. The molecule has 0 bridgehead atoms. The van der Waals surface area contributed by atoms with Crippen LogP contribution in [-0.2, 0) is 4.79 Å². The fourth-order valence-corrected chi connectivity index (χ4v) is 5.67. The number of fused-ring (bicyclic) bond motifs is 1. The first-order chi connectivity index (χ1) is 17.4. The molecule has 2 heterocycles. The molecule has 0 spiro atoms. The molecule has 0 saturated carbocycles. The number of carbonyl (C=O) groups excluding carboxylic acids is 2. The average Bonchev–Trinajstić information content (AvgIpc) is 2.91. The van der Waals surface area contributed by atoms with Gasteiger partial charge in [0, 0.05) is 49.4 Å². The molecule has 5 rings (SSSR count). The Kier molecular flexibility index (Phi) is 6.74. The van der Waals surface area contributed by atoms with Crippen LogP contribution >= 0.6 is 11.8 Å². The van der Waals surface area contributed by atoms with Crippen LogP contribution in [0.5, 0.6) is 5.75 Å². The Balaban J connectivity index is 1.29. The molecule has 184 valence electrons. The van der Waals surface area contributed by atoms with Gasteiger partial charge in [-0.25, -0.2) is 0 Å². The molecule has 36 heavy (non-hydrogen) atoms. The third-order valence-electron chi connectivity index (χ3n) is 6.65. The molecule has 0 atom stereocenters. The van der Waals surface area contributed by atoms with E-state index in [1.165, 1.54) is 11.8 Å². The summed E-state index contributed by atoms with van der Waals surface area (Å²) in [6, 6.07) is 21.8. The van der Waals surface area contributed by atoms with Crippen LogP contribution in [-0.4, -0.2) is 57.1 Å². The minimum absolute atomic E-state index is 0.000806. The summed E-state index contributed by atoms with van der Waals surface area (Å²) >= 11 is 1.46. The van der Waals surface area contributed by atoms with E-state index in [4.69, 9.17) is 4.74 Å². The Morgan fingerprint density at radius 2 is 1.72 bits per heavy atom. The van der Waals surface area contributed by atoms with Gasteiger partial charge >= 0.3 is 0 Å². The van der Waals surface area contributed by atoms with Gasteiger partial charge in [-0.2, -0.15) is 0 Å². The van der Waals surface area contributed by atoms with Crippen molar-refractivity contribution in [3.05, 3.63) is 88.3 Å². The smallest absolute Gasteiger partial charge is 0.264 e. The second-order valence-corrected chi connectivity index (χ2v) is 10.1. The maximum Gasteiger partial charge on any atom is 0.264 e. The van der Waals surface area contributed by atoms with Crippen molar-refractivity contribution in [2.24, 2.45) is 0 Å². The molecule has 3 aromatic rings. The summed E-state index contributed by atoms with van der Waals surface area (Å²) in [5.74, 6) is 0.769. The van der Waals surface area contributed by atoms with Crippen molar-refractivity contribution in [3.8, 4) is 5.75 Å². The molecular formula is C29H29N3O3S. The summed E-state index contributed by atoms with van der Waals surface area (Å²) in [4.78, 5) is 33.9. The molecule has 6 nitrogen and oxygen atoms in total. The number of thioether (sulfide) groups is 1. The van der Waals surface area contributed by atoms with Crippen LogP contribution < -0.4 is 14.5 Å². The van der Waals surface area contributed by atoms with Gasteiger partial charge in [0.05, 0.1) is 17.7 Å². The van der Waals surface area contributed by atoms with Crippen LogP contribution in [0.4, 0.5) is 11.4 Å². The standard InChI is InChI=1S/C29H29N3O3S/c1-20-5-4-6-21(17-20)18-27-29(34)30(2)25-19-22(7-12-26(25)36-27)28(33)32-15-13-31(14-16-32)23-8-10-24(35-3)11-9-23/h4-12,17-19H,13-16H2,1-3H3/b27-18-. The highest BCUT2D eigenvalue weighted by Gasteiger charge is 2.29. The minimum atomic E-state index is -0.0632. The first-order valence-electron chi connectivity index (χ1n) is 12.0. The Morgan fingerprint density at radius 3 is 2.42 bits per heavy atom. The molecule has 3 aromatic carbocycles. The SMILES string of the molecule is COc1ccc(N2CCN(C(=O)c3ccc4c(c3)N(C)C(=O)/C(=C/c3cccc(C)c3)S4)CC2)cc1. The predicted molar refractivity (Wildman–Crippen MR) is 146 cm³/mol. The van der Waals surface area contributed by atoms with Crippen LogP contribution in [0.2, 0.25) is 0 Å². The van der Waals surface area contributed by atoms with Crippen molar-refractivity contribution in [3.63, 3.8) is 0 Å². The third-order valence-corrected chi connectivity index (χ3v) is 7.72. The van der Waals surface area contributed by atoms with E-state index >= 15 is 0 Å². The fraction of sp³-hybridized carbons (Fsp3) is 0.241. The molecule has 2 aliphatic rings. The number of amides is 2. The molecule has 0 radical (unpaired) electrons. The van der Waals surface area contributed by atoms with E-state index in [1.54, 1.807) is 19.1 Å². The molecule has 0 N–H and O–H groups in total. The summed E-state index contributed by atoms with van der Waals surface area (Å²) in [5.41, 5.74) is 4.66. The van der Waals surface area contributed by atoms with E-state index in [2.05, 4.69) is 11.0 Å². The van der Waals surface area contributed by atoms with Crippen molar-refractivity contribution in [2.75, 3.05) is 50.1 Å². The number of ether oxygens (including phenoxy) is 1. The zero-order chi connectivity index (χ0) is 25.2. The van der Waals surface area contributed by atoms with Crippen LogP contribution in [0.25, 0.3) is 6.08 Å². The van der Waals surface area contributed by atoms with E-state index in [1.807, 2.05) is 78.6 Å². The highest BCUT2D eigenvalue weighted by molar-refractivity contribution is 8.04. The Hall–Kier alpha value is -3.71. The molecule has 7 heteroatoms. The summed E-state index contributed by atoms with van der Waals surface area (Å²) in [5, 5.41) is 0. The topological polar surface area (TPSA) is 53.1 Å². The number of rotatable bonds is 4. The largest absolute Gasteiger partial charge is 0.497 e. The van der Waals surface area contributed by atoms with Crippen LogP contribution in [0.1, 0.15) is 21.5 Å². The summed E-state index contributed by atoms with van der Waals surface area (Å²) in [6.07, 6.45) is 1.93. The maximum atomic E-state index is 13.3. The van der Waals surface area contributed by atoms with Gasteiger partial charge in [0.25, 0.3) is 11.8 Å². The van der Waals surface area contributed by atoms with Crippen molar-refractivity contribution in [1.29, 1.82) is 0 Å². The van der Waals surface area contributed by atoms with Gasteiger partial charge in [-0.3, -0.25) is 9.59 Å². The van der Waals surface area contributed by atoms with Gasteiger partial charge < -0.3 is 19.4 Å². The van der Waals surface area contributed by atoms with Crippen molar-refractivity contribution in [2.45, 2.75) is 11.8 Å². The second kappa shape index (κ2) is 10.1. The van der Waals surface area contributed by atoms with E-state index in [0.29, 0.717) is 23.6 Å². The zero-order valence-electron chi connectivity index (χ0n) is 20.7. The zero-order valence-corrected chi connectivity index (χ0v) is 21.5. The van der Waals surface area contributed by atoms with Gasteiger partial charge in [0.1, 0.15) is 5.75 Å². The Bertz CT molecular complexity index is 1330. The number of aryl methyl sites for hydroxylation is 1. The third kappa shape index (κ3) is 4.84. The first kappa shape index (κ1) is 24.0. The number of hydrogen-bond acceptors (Lipinski definition) is 5. The van der Waals surface area contributed by atoms with E-state index in [9.17, 15) is 9.59 Å². The summed E-state index contributed by atoms with van der Waals surface area (Å²) in [7, 11) is 3.43. The minimum Gasteiger partial charge on any atom is -0.497 e. The molecule has 1 saturated heterocycles. The van der Waals surface area contributed by atoms with E-state index in [-0.39, 0.29) is 11.8 Å². The number of hydrogen-bond donors (Lipinski definition) is 0. The molecule has 1 fully saturated rings. The number of anilines is 2. The fourth-order valence-electron chi connectivity index (χ4n) is 4.58. The van der Waals surface area contributed by atoms with Gasteiger partial charge in [-0.05, 0) is 61.0 Å². The molecule has 0 aromatic heterocycles. The van der Waals surface area contributed by atoms with Crippen LogP contribution in [0.3, 0.4) is 0 Å². The molecular weight excluding hydrogens is 470 g/mol. The van der Waals surface area contributed by atoms with Gasteiger partial charge in [0.15, 0.2) is 0 Å². The number of benzene rings is 3. The van der Waals surface area contributed by atoms with Gasteiger partial charge in [0.2, 0.25) is 0 Å². The second-order valence-electron chi connectivity index (χ2n) is 9.05. The van der Waals surface area contributed by atoms with Crippen LogP contribution in [0.15, 0.2) is 76.5 Å². The lowest BCUT2D eigenvalue weighted by Crippen LogP contribution is -2.48. The lowest BCUT2D eigenvalue weighted by atomic mass is 10.1. The lowest BCUT2D eigenvalue weighted by molar-refractivity contribution is -0.114.